The molecule has 0 atom stereocenters. The first-order chi connectivity index (χ1) is 9.15. The van der Waals surface area contributed by atoms with Gasteiger partial charge in [-0.25, -0.2) is 0 Å². The summed E-state index contributed by atoms with van der Waals surface area (Å²) in [5, 5.41) is 0. The molecule has 2 heteroatoms. The Morgan fingerprint density at radius 2 is 2.00 bits per heavy atom. The minimum atomic E-state index is 0.782. The summed E-state index contributed by atoms with van der Waals surface area (Å²) in [6, 6.07) is 3.12. The molecule has 1 aromatic heterocycles. The zero-order valence-electron chi connectivity index (χ0n) is 12.3. The van der Waals surface area contributed by atoms with E-state index in [1.54, 1.807) is 0 Å². The highest BCUT2D eigenvalue weighted by Gasteiger charge is 2.26. The van der Waals surface area contributed by atoms with Gasteiger partial charge in [-0.1, -0.05) is 18.2 Å². The molecule has 0 unspecified atom stereocenters. The van der Waals surface area contributed by atoms with E-state index in [0.29, 0.717) is 0 Å². The maximum absolute atomic E-state index is 2.52. The van der Waals surface area contributed by atoms with Crippen LogP contribution in [0.15, 0.2) is 23.8 Å². The van der Waals surface area contributed by atoms with Crippen LogP contribution in [0.3, 0.4) is 0 Å². The Balaban J connectivity index is 1.78. The highest BCUT2D eigenvalue weighted by molar-refractivity contribution is 5.57. The van der Waals surface area contributed by atoms with E-state index in [1.165, 1.54) is 48.3 Å². The molecule has 0 amide bonds. The fourth-order valence-corrected chi connectivity index (χ4v) is 3.00. The maximum atomic E-state index is 2.52. The maximum Gasteiger partial charge on any atom is 0.0337 e. The molecule has 0 bridgehead atoms. The van der Waals surface area contributed by atoms with Crippen molar-refractivity contribution in [3.63, 3.8) is 0 Å². The van der Waals surface area contributed by atoms with E-state index in [9.17, 15) is 0 Å². The lowest BCUT2D eigenvalue weighted by molar-refractivity contribution is 0.361. The Kier molecular flexibility index (Phi) is 3.36. The van der Waals surface area contributed by atoms with Crippen LogP contribution in [-0.4, -0.2) is 29.6 Å². The van der Waals surface area contributed by atoms with Crippen molar-refractivity contribution in [3.8, 4) is 0 Å². The molecule has 19 heavy (non-hydrogen) atoms. The van der Waals surface area contributed by atoms with Crippen molar-refractivity contribution in [1.82, 2.24) is 9.47 Å². The monoisotopic (exact) mass is 256 g/mol. The second-order valence-electron chi connectivity index (χ2n) is 6.05. The van der Waals surface area contributed by atoms with Gasteiger partial charge in [0.2, 0.25) is 0 Å². The van der Waals surface area contributed by atoms with Gasteiger partial charge in [-0.3, -0.25) is 0 Å². The van der Waals surface area contributed by atoms with Crippen LogP contribution in [0.4, 0.5) is 0 Å². The smallest absolute Gasteiger partial charge is 0.0337 e. The lowest BCUT2D eigenvalue weighted by Gasteiger charge is -2.20. The zero-order valence-corrected chi connectivity index (χ0v) is 12.3. The molecule has 1 fully saturated rings. The quantitative estimate of drug-likeness (QED) is 0.800. The minimum Gasteiger partial charge on any atom is -0.346 e. The van der Waals surface area contributed by atoms with Crippen molar-refractivity contribution in [2.45, 2.75) is 39.2 Å². The van der Waals surface area contributed by atoms with E-state index in [-0.39, 0.29) is 0 Å². The van der Waals surface area contributed by atoms with Crippen LogP contribution in [-0.2, 0) is 0 Å². The van der Waals surface area contributed by atoms with Crippen molar-refractivity contribution in [1.29, 1.82) is 0 Å². The summed E-state index contributed by atoms with van der Waals surface area (Å²) >= 11 is 0. The Hall–Kier alpha value is -1.28. The number of hydrogen-bond acceptors (Lipinski definition) is 1. The molecule has 0 aromatic carbocycles. The van der Waals surface area contributed by atoms with Gasteiger partial charge in [0.25, 0.3) is 0 Å². The van der Waals surface area contributed by atoms with Crippen molar-refractivity contribution in [2.75, 3.05) is 20.1 Å². The van der Waals surface area contributed by atoms with Crippen molar-refractivity contribution >= 4 is 6.08 Å². The highest BCUT2D eigenvalue weighted by Crippen LogP contribution is 2.38. The number of allylic oxidation sites excluding steroid dienone is 1. The van der Waals surface area contributed by atoms with Crippen LogP contribution in [0.1, 0.15) is 42.3 Å². The zero-order chi connectivity index (χ0) is 13.4. The molecule has 1 saturated carbocycles. The van der Waals surface area contributed by atoms with Crippen LogP contribution < -0.4 is 0 Å². The molecule has 0 radical (unpaired) electrons. The van der Waals surface area contributed by atoms with E-state index in [1.807, 2.05) is 0 Å². The molecule has 1 aliphatic carbocycles. The summed E-state index contributed by atoms with van der Waals surface area (Å²) in [4.78, 5) is 2.36. The van der Waals surface area contributed by atoms with Gasteiger partial charge in [0.05, 0.1) is 0 Å². The molecule has 1 aliphatic heterocycles. The Bertz CT molecular complexity index is 530. The molecular weight excluding hydrogens is 232 g/mol. The fourth-order valence-electron chi connectivity index (χ4n) is 3.00. The first-order valence-electron chi connectivity index (χ1n) is 7.39. The second-order valence-corrected chi connectivity index (χ2v) is 6.05. The third-order valence-corrected chi connectivity index (χ3v) is 4.36. The van der Waals surface area contributed by atoms with Crippen LogP contribution >= 0.6 is 0 Å². The number of hydrogen-bond donors (Lipinski definition) is 0. The number of likely N-dealkylation sites (N-methyl/N-ethyl adjacent to an activating group) is 1. The van der Waals surface area contributed by atoms with Gasteiger partial charge < -0.3 is 9.47 Å². The number of aryl methyl sites for hydroxylation is 1. The summed E-state index contributed by atoms with van der Waals surface area (Å²) in [7, 11) is 2.18. The van der Waals surface area contributed by atoms with Crippen molar-refractivity contribution < 1.29 is 0 Å². The molecule has 2 aliphatic rings. The molecule has 1 aromatic rings. The molecule has 0 spiro atoms. The van der Waals surface area contributed by atoms with E-state index < -0.39 is 0 Å². The SMILES string of the molecule is Cc1cc(C=CC2=CCN(C)CC2)c(C)n1C1CC1. The van der Waals surface area contributed by atoms with Gasteiger partial charge in [-0.15, -0.1) is 0 Å². The van der Waals surface area contributed by atoms with Crippen LogP contribution in [0.5, 0.6) is 0 Å². The minimum absolute atomic E-state index is 0.782. The largest absolute Gasteiger partial charge is 0.346 e. The number of aromatic nitrogens is 1. The molecule has 2 nitrogen and oxygen atoms in total. The van der Waals surface area contributed by atoms with Crippen LogP contribution in [0, 0.1) is 13.8 Å². The van der Waals surface area contributed by atoms with E-state index in [4.69, 9.17) is 0 Å². The predicted molar refractivity (Wildman–Crippen MR) is 81.4 cm³/mol. The van der Waals surface area contributed by atoms with Crippen LogP contribution in [0.2, 0.25) is 0 Å². The standard InChI is InChI=1S/C17H24N2/c1-13-12-16(14(2)19(13)17-6-7-17)5-4-15-8-10-18(3)11-9-15/h4-5,8,12,17H,6-7,9-11H2,1-3H3. The van der Waals surface area contributed by atoms with Gasteiger partial charge in [0.15, 0.2) is 0 Å². The first kappa shape index (κ1) is 12.7. The average molecular weight is 256 g/mol. The summed E-state index contributed by atoms with van der Waals surface area (Å²) in [5.74, 6) is 0. The average Bonchev–Trinajstić information content (AvgIpc) is 3.17. The van der Waals surface area contributed by atoms with E-state index in [0.717, 1.165) is 12.6 Å². The van der Waals surface area contributed by atoms with E-state index in [2.05, 4.69) is 54.7 Å². The summed E-state index contributed by atoms with van der Waals surface area (Å²) in [5.41, 5.74) is 5.72. The summed E-state index contributed by atoms with van der Waals surface area (Å²) in [6.07, 6.45) is 10.9. The third-order valence-electron chi connectivity index (χ3n) is 4.36. The molecule has 2 heterocycles. The first-order valence-corrected chi connectivity index (χ1v) is 7.39. The molecule has 3 rings (SSSR count). The normalized spacial score (nSPS) is 21.1. The topological polar surface area (TPSA) is 8.17 Å². The summed E-state index contributed by atoms with van der Waals surface area (Å²) < 4.78 is 2.52. The van der Waals surface area contributed by atoms with Crippen molar-refractivity contribution in [3.05, 3.63) is 40.7 Å². The van der Waals surface area contributed by atoms with Crippen LogP contribution in [0.25, 0.3) is 6.08 Å². The fraction of sp³-hybridized carbons (Fsp3) is 0.529. The van der Waals surface area contributed by atoms with Gasteiger partial charge in [-0.2, -0.15) is 0 Å². The predicted octanol–water partition coefficient (Wildman–Crippen LogP) is 3.71. The Morgan fingerprint density at radius 3 is 2.63 bits per heavy atom. The molecule has 0 saturated heterocycles. The van der Waals surface area contributed by atoms with Gasteiger partial charge >= 0.3 is 0 Å². The number of rotatable bonds is 3. The highest BCUT2D eigenvalue weighted by atomic mass is 15.1. The lowest BCUT2D eigenvalue weighted by atomic mass is 10.1. The third kappa shape index (κ3) is 2.69. The van der Waals surface area contributed by atoms with E-state index >= 15 is 0 Å². The lowest BCUT2D eigenvalue weighted by Crippen LogP contribution is -2.23. The number of nitrogens with zero attached hydrogens (tertiary/aromatic N) is 2. The van der Waals surface area contributed by atoms with Gasteiger partial charge in [0, 0.05) is 30.5 Å². The van der Waals surface area contributed by atoms with Crippen molar-refractivity contribution in [2.24, 2.45) is 0 Å². The molecule has 0 N–H and O–H groups in total. The Labute approximate surface area is 116 Å². The van der Waals surface area contributed by atoms with Gasteiger partial charge in [0.1, 0.15) is 0 Å². The Morgan fingerprint density at radius 1 is 1.21 bits per heavy atom. The summed E-state index contributed by atoms with van der Waals surface area (Å²) in [6.45, 7) is 6.75. The second kappa shape index (κ2) is 5.01. The molecular formula is C17H24N2. The molecule has 102 valence electrons. The van der Waals surface area contributed by atoms with Gasteiger partial charge in [-0.05, 0) is 57.4 Å².